The first-order valence-corrected chi connectivity index (χ1v) is 6.75. The van der Waals surface area contributed by atoms with E-state index >= 15 is 0 Å². The van der Waals surface area contributed by atoms with Gasteiger partial charge in [0, 0.05) is 18.1 Å². The van der Waals surface area contributed by atoms with Crippen molar-refractivity contribution in [2.24, 2.45) is 0 Å². The number of carbonyl (C=O) groups excluding carboxylic acids is 1. The molecule has 0 aliphatic heterocycles. The van der Waals surface area contributed by atoms with Crippen molar-refractivity contribution in [3.8, 4) is 11.3 Å². The quantitative estimate of drug-likeness (QED) is 0.771. The minimum atomic E-state index is -4.64. The molecule has 2 aromatic heterocycles. The molecule has 3 rings (SSSR count). The molecule has 3 aromatic rings. The maximum Gasteiger partial charge on any atom is 0.433 e. The number of H-pyrrole nitrogens is 1. The SMILES string of the molecule is O=C(Nc1ccc(-c2ccn[nH]2)cc1)c1nccc(C(F)(F)F)n1. The van der Waals surface area contributed by atoms with Gasteiger partial charge >= 0.3 is 6.18 Å². The summed E-state index contributed by atoms with van der Waals surface area (Å²) in [7, 11) is 0. The first-order chi connectivity index (χ1) is 11.4. The predicted molar refractivity (Wildman–Crippen MR) is 79.0 cm³/mol. The number of benzene rings is 1. The third-order valence-corrected chi connectivity index (χ3v) is 3.10. The molecule has 122 valence electrons. The summed E-state index contributed by atoms with van der Waals surface area (Å²) in [4.78, 5) is 18.8. The van der Waals surface area contributed by atoms with Crippen LogP contribution in [0.1, 0.15) is 16.3 Å². The lowest BCUT2D eigenvalue weighted by molar-refractivity contribution is -0.141. The van der Waals surface area contributed by atoms with Gasteiger partial charge in [0.25, 0.3) is 5.91 Å². The van der Waals surface area contributed by atoms with E-state index in [9.17, 15) is 18.0 Å². The number of nitrogens with zero attached hydrogens (tertiary/aromatic N) is 3. The molecular weight excluding hydrogens is 323 g/mol. The topological polar surface area (TPSA) is 83.6 Å². The van der Waals surface area contributed by atoms with Crippen molar-refractivity contribution in [1.29, 1.82) is 0 Å². The average molecular weight is 333 g/mol. The second-order valence-electron chi connectivity index (χ2n) is 4.77. The van der Waals surface area contributed by atoms with Crippen LogP contribution in [-0.2, 0) is 6.18 Å². The Balaban J connectivity index is 1.75. The highest BCUT2D eigenvalue weighted by Crippen LogP contribution is 2.27. The molecule has 0 fully saturated rings. The van der Waals surface area contributed by atoms with Crippen molar-refractivity contribution in [2.45, 2.75) is 6.18 Å². The van der Waals surface area contributed by atoms with Gasteiger partial charge in [-0.2, -0.15) is 18.3 Å². The number of aromatic nitrogens is 4. The highest BCUT2D eigenvalue weighted by molar-refractivity contribution is 6.01. The Kier molecular flexibility index (Phi) is 3.98. The Morgan fingerprint density at radius 2 is 1.79 bits per heavy atom. The minimum Gasteiger partial charge on any atom is -0.319 e. The fraction of sp³-hybridized carbons (Fsp3) is 0.0667. The van der Waals surface area contributed by atoms with Crippen LogP contribution in [0.15, 0.2) is 48.8 Å². The summed E-state index contributed by atoms with van der Waals surface area (Å²) < 4.78 is 37.8. The van der Waals surface area contributed by atoms with Gasteiger partial charge < -0.3 is 5.32 Å². The summed E-state index contributed by atoms with van der Waals surface area (Å²) in [6.45, 7) is 0. The molecule has 0 aliphatic carbocycles. The number of alkyl halides is 3. The summed E-state index contributed by atoms with van der Waals surface area (Å²) in [5.41, 5.74) is 0.886. The van der Waals surface area contributed by atoms with E-state index in [0.717, 1.165) is 17.5 Å². The van der Waals surface area contributed by atoms with Crippen LogP contribution in [0.5, 0.6) is 0 Å². The summed E-state index contributed by atoms with van der Waals surface area (Å²) in [6, 6.07) is 9.18. The molecule has 9 heteroatoms. The largest absolute Gasteiger partial charge is 0.433 e. The summed E-state index contributed by atoms with van der Waals surface area (Å²) >= 11 is 0. The van der Waals surface area contributed by atoms with Crippen LogP contribution in [0.2, 0.25) is 0 Å². The number of anilines is 1. The molecule has 0 spiro atoms. The van der Waals surface area contributed by atoms with Crippen molar-refractivity contribution >= 4 is 11.6 Å². The summed E-state index contributed by atoms with van der Waals surface area (Å²) in [6.07, 6.45) is -2.13. The van der Waals surface area contributed by atoms with E-state index in [2.05, 4.69) is 25.5 Å². The van der Waals surface area contributed by atoms with E-state index in [0.29, 0.717) is 11.8 Å². The van der Waals surface area contributed by atoms with Gasteiger partial charge in [0.05, 0.1) is 5.69 Å². The number of carbonyl (C=O) groups is 1. The third kappa shape index (κ3) is 3.40. The lowest BCUT2D eigenvalue weighted by Crippen LogP contribution is -2.18. The fourth-order valence-electron chi connectivity index (χ4n) is 1.96. The molecule has 1 aromatic carbocycles. The number of halogens is 3. The van der Waals surface area contributed by atoms with E-state index in [4.69, 9.17) is 0 Å². The molecule has 0 bridgehead atoms. The zero-order valence-electron chi connectivity index (χ0n) is 12.0. The monoisotopic (exact) mass is 333 g/mol. The molecule has 2 N–H and O–H groups in total. The molecular formula is C15H10F3N5O. The molecule has 0 saturated heterocycles. The summed E-state index contributed by atoms with van der Waals surface area (Å²) in [5, 5.41) is 9.08. The van der Waals surface area contributed by atoms with Crippen LogP contribution < -0.4 is 5.32 Å². The lowest BCUT2D eigenvalue weighted by atomic mass is 10.1. The summed E-state index contributed by atoms with van der Waals surface area (Å²) in [5.74, 6) is -1.38. The van der Waals surface area contributed by atoms with Gasteiger partial charge in [-0.05, 0) is 29.8 Å². The molecule has 2 heterocycles. The van der Waals surface area contributed by atoms with Gasteiger partial charge in [-0.1, -0.05) is 12.1 Å². The maximum absolute atomic E-state index is 12.6. The van der Waals surface area contributed by atoms with Crippen LogP contribution in [0.25, 0.3) is 11.3 Å². The second kappa shape index (κ2) is 6.11. The smallest absolute Gasteiger partial charge is 0.319 e. The molecule has 1 amide bonds. The Hall–Kier alpha value is -3.23. The number of rotatable bonds is 3. The molecule has 6 nitrogen and oxygen atoms in total. The molecule has 0 aliphatic rings. The van der Waals surface area contributed by atoms with Crippen molar-refractivity contribution in [3.05, 3.63) is 60.3 Å². The van der Waals surface area contributed by atoms with Gasteiger partial charge in [-0.25, -0.2) is 9.97 Å². The number of hydrogen-bond acceptors (Lipinski definition) is 4. The first-order valence-electron chi connectivity index (χ1n) is 6.75. The van der Waals surface area contributed by atoms with Crippen LogP contribution in [0, 0.1) is 0 Å². The Bertz CT molecular complexity index is 844. The normalized spacial score (nSPS) is 11.3. The lowest BCUT2D eigenvalue weighted by Gasteiger charge is -2.08. The number of nitrogens with one attached hydrogen (secondary N) is 2. The van der Waals surface area contributed by atoms with E-state index < -0.39 is 23.6 Å². The van der Waals surface area contributed by atoms with Crippen molar-refractivity contribution in [2.75, 3.05) is 5.32 Å². The van der Waals surface area contributed by atoms with Crippen molar-refractivity contribution < 1.29 is 18.0 Å². The Morgan fingerprint density at radius 1 is 1.04 bits per heavy atom. The van der Waals surface area contributed by atoms with Crippen molar-refractivity contribution in [1.82, 2.24) is 20.2 Å². The van der Waals surface area contributed by atoms with E-state index in [1.165, 1.54) is 0 Å². The molecule has 0 unspecified atom stereocenters. The zero-order valence-corrected chi connectivity index (χ0v) is 12.0. The minimum absolute atomic E-state index is 0.407. The van der Waals surface area contributed by atoms with Crippen LogP contribution in [0.4, 0.5) is 18.9 Å². The van der Waals surface area contributed by atoms with Crippen LogP contribution >= 0.6 is 0 Å². The van der Waals surface area contributed by atoms with Gasteiger partial charge in [0.1, 0.15) is 5.69 Å². The van der Waals surface area contributed by atoms with Gasteiger partial charge in [-0.15, -0.1) is 0 Å². The third-order valence-electron chi connectivity index (χ3n) is 3.10. The Morgan fingerprint density at radius 3 is 2.42 bits per heavy atom. The van der Waals surface area contributed by atoms with Gasteiger partial charge in [0.15, 0.2) is 0 Å². The highest BCUT2D eigenvalue weighted by Gasteiger charge is 2.33. The molecule has 24 heavy (non-hydrogen) atoms. The number of aromatic amines is 1. The maximum atomic E-state index is 12.6. The molecule has 0 saturated carbocycles. The number of hydrogen-bond donors (Lipinski definition) is 2. The van der Waals surface area contributed by atoms with E-state index in [-0.39, 0.29) is 0 Å². The van der Waals surface area contributed by atoms with Crippen molar-refractivity contribution in [3.63, 3.8) is 0 Å². The highest BCUT2D eigenvalue weighted by atomic mass is 19.4. The van der Waals surface area contributed by atoms with Crippen LogP contribution in [-0.4, -0.2) is 26.1 Å². The number of amides is 1. The molecule has 0 radical (unpaired) electrons. The second-order valence-corrected chi connectivity index (χ2v) is 4.77. The average Bonchev–Trinajstić information content (AvgIpc) is 3.09. The fourth-order valence-corrected chi connectivity index (χ4v) is 1.96. The van der Waals surface area contributed by atoms with E-state index in [1.54, 1.807) is 36.5 Å². The van der Waals surface area contributed by atoms with E-state index in [1.807, 2.05) is 0 Å². The van der Waals surface area contributed by atoms with Crippen LogP contribution in [0.3, 0.4) is 0 Å². The van der Waals surface area contributed by atoms with Gasteiger partial charge in [-0.3, -0.25) is 9.89 Å². The first kappa shape index (κ1) is 15.7. The standard InChI is InChI=1S/C15H10F3N5O/c16-15(17,18)12-6-7-19-13(22-12)14(24)21-10-3-1-9(2-4-10)11-5-8-20-23-11/h1-8H,(H,20,23)(H,21,24). The zero-order chi connectivity index (χ0) is 17.2. The predicted octanol–water partition coefficient (Wildman–Crippen LogP) is 3.14. The van der Waals surface area contributed by atoms with Gasteiger partial charge in [0.2, 0.25) is 5.82 Å². The molecule has 0 atom stereocenters. The Labute approximate surface area is 133 Å².